The first-order valence-electron chi connectivity index (χ1n) is 6.47. The van der Waals surface area contributed by atoms with Crippen molar-refractivity contribution in [1.82, 2.24) is 0 Å². The summed E-state index contributed by atoms with van der Waals surface area (Å²) >= 11 is 0. The molecule has 4 heteroatoms. The molecule has 0 fully saturated rings. The second kappa shape index (κ2) is 4.97. The number of hydrogen-bond acceptors (Lipinski definition) is 3. The van der Waals surface area contributed by atoms with Gasteiger partial charge in [0.2, 0.25) is 0 Å². The van der Waals surface area contributed by atoms with Crippen molar-refractivity contribution >= 4 is 18.1 Å². The molecule has 0 unspecified atom stereocenters. The lowest BCUT2D eigenvalue weighted by molar-refractivity contribution is 0.358. The lowest BCUT2D eigenvalue weighted by Crippen LogP contribution is -2.12. The average Bonchev–Trinajstić information content (AvgIpc) is 2.72. The molecule has 1 aliphatic rings. The van der Waals surface area contributed by atoms with Crippen molar-refractivity contribution in [2.75, 3.05) is 31.8 Å². The van der Waals surface area contributed by atoms with Gasteiger partial charge in [-0.25, -0.2) is 0 Å². The number of rotatable bonds is 4. The quantitative estimate of drug-likeness (QED) is 0.852. The minimum absolute atomic E-state index is 0.588. The molecule has 2 rings (SSSR count). The Morgan fingerprint density at radius 2 is 2.11 bits per heavy atom. The second-order valence-electron chi connectivity index (χ2n) is 5.66. The Kier molecular flexibility index (Phi) is 3.72. The van der Waals surface area contributed by atoms with E-state index in [0.29, 0.717) is 12.5 Å². The van der Waals surface area contributed by atoms with E-state index in [-0.39, 0.29) is 0 Å². The molecule has 0 amide bonds. The summed E-state index contributed by atoms with van der Waals surface area (Å²) in [6.45, 7) is 9.61. The number of hydrogen-bond donors (Lipinski definition) is 1. The van der Waals surface area contributed by atoms with Crippen molar-refractivity contribution in [3.8, 4) is 5.75 Å². The highest BCUT2D eigenvalue weighted by molar-refractivity contribution is 7.70. The van der Waals surface area contributed by atoms with Gasteiger partial charge >= 0.3 is 0 Å². The van der Waals surface area contributed by atoms with E-state index in [1.165, 1.54) is 0 Å². The Bertz CT molecular complexity index is 491. The van der Waals surface area contributed by atoms with Gasteiger partial charge < -0.3 is 14.6 Å². The van der Waals surface area contributed by atoms with Crippen LogP contribution >= 0.6 is 7.14 Å². The van der Waals surface area contributed by atoms with E-state index < -0.39 is 7.14 Å². The molecule has 0 saturated carbocycles. The van der Waals surface area contributed by atoms with Crippen LogP contribution in [0, 0.1) is 5.92 Å². The summed E-state index contributed by atoms with van der Waals surface area (Å²) in [6.07, 6.45) is 0.869. The highest BCUT2D eigenvalue weighted by Crippen LogP contribution is 2.42. The van der Waals surface area contributed by atoms with E-state index in [9.17, 15) is 4.57 Å². The minimum atomic E-state index is -2.22. The monoisotopic (exact) mass is 267 g/mol. The normalized spacial score (nSPS) is 14.5. The summed E-state index contributed by atoms with van der Waals surface area (Å²) < 4.78 is 18.0. The number of ether oxygens (including phenoxy) is 1. The van der Waals surface area contributed by atoms with Gasteiger partial charge in [-0.15, -0.1) is 0 Å². The van der Waals surface area contributed by atoms with Crippen LogP contribution < -0.4 is 15.4 Å². The van der Waals surface area contributed by atoms with Gasteiger partial charge in [-0.1, -0.05) is 13.8 Å². The summed E-state index contributed by atoms with van der Waals surface area (Å²) in [7, 11) is -2.22. The van der Waals surface area contributed by atoms with E-state index in [1.807, 2.05) is 25.5 Å². The molecular weight excluding hydrogens is 245 g/mol. The van der Waals surface area contributed by atoms with Crippen LogP contribution in [0.2, 0.25) is 0 Å². The highest BCUT2D eigenvalue weighted by Gasteiger charge is 2.25. The molecule has 0 bridgehead atoms. The second-order valence-corrected chi connectivity index (χ2v) is 8.85. The zero-order chi connectivity index (χ0) is 13.3. The molecular formula is C14H22NO2P. The molecule has 18 heavy (non-hydrogen) atoms. The number of nitrogens with one attached hydrogen (secondary N) is 1. The lowest BCUT2D eigenvalue weighted by atomic mass is 10.1. The maximum Gasteiger partial charge on any atom is 0.146 e. The van der Waals surface area contributed by atoms with Gasteiger partial charge in [0, 0.05) is 23.8 Å². The Labute approximate surface area is 109 Å². The number of anilines is 1. The third-order valence-electron chi connectivity index (χ3n) is 3.12. The molecule has 0 atom stereocenters. The van der Waals surface area contributed by atoms with Crippen LogP contribution in [0.5, 0.6) is 5.75 Å². The summed E-state index contributed by atoms with van der Waals surface area (Å²) in [4.78, 5) is 0. The van der Waals surface area contributed by atoms with Gasteiger partial charge in [0.1, 0.15) is 12.9 Å². The van der Waals surface area contributed by atoms with E-state index in [4.69, 9.17) is 4.74 Å². The molecule has 0 spiro atoms. The van der Waals surface area contributed by atoms with E-state index >= 15 is 0 Å². The molecule has 0 aromatic heterocycles. The maximum absolute atomic E-state index is 12.3. The standard InChI is InChI=1S/C14H22NO2P/c1-10(2)9-15-12-5-6-13(18(3,4)16)11-7-8-17-14(11)12/h5-6,10,15H,7-9H2,1-4H3. The molecule has 1 aromatic rings. The third-order valence-corrected chi connectivity index (χ3v) is 4.69. The number of fused-ring (bicyclic) bond motifs is 1. The van der Waals surface area contributed by atoms with Gasteiger partial charge in [0.15, 0.2) is 0 Å². The first-order chi connectivity index (χ1) is 8.39. The van der Waals surface area contributed by atoms with Gasteiger partial charge in [0.05, 0.1) is 12.3 Å². The van der Waals surface area contributed by atoms with Crippen LogP contribution in [0.25, 0.3) is 0 Å². The van der Waals surface area contributed by atoms with E-state index in [0.717, 1.165) is 35.3 Å². The molecule has 1 aromatic carbocycles. The molecule has 1 aliphatic heterocycles. The van der Waals surface area contributed by atoms with Crippen molar-refractivity contribution < 1.29 is 9.30 Å². The largest absolute Gasteiger partial charge is 0.491 e. The zero-order valence-corrected chi connectivity index (χ0v) is 12.5. The molecule has 0 aliphatic carbocycles. The van der Waals surface area contributed by atoms with Gasteiger partial charge in [-0.2, -0.15) is 0 Å². The van der Waals surface area contributed by atoms with Crippen LogP contribution in [-0.2, 0) is 11.0 Å². The Morgan fingerprint density at radius 3 is 2.72 bits per heavy atom. The molecule has 0 radical (unpaired) electrons. The zero-order valence-electron chi connectivity index (χ0n) is 11.6. The van der Waals surface area contributed by atoms with Crippen molar-refractivity contribution in [2.24, 2.45) is 5.92 Å². The summed E-state index contributed by atoms with van der Waals surface area (Å²) in [5, 5.41) is 4.39. The fraction of sp³-hybridized carbons (Fsp3) is 0.571. The van der Waals surface area contributed by atoms with Crippen LogP contribution in [0.3, 0.4) is 0 Å². The summed E-state index contributed by atoms with van der Waals surface area (Å²) in [6, 6.07) is 4.00. The van der Waals surface area contributed by atoms with Crippen molar-refractivity contribution in [3.63, 3.8) is 0 Å². The highest BCUT2D eigenvalue weighted by atomic mass is 31.2. The molecule has 100 valence electrons. The molecule has 0 saturated heterocycles. The van der Waals surface area contributed by atoms with Crippen LogP contribution in [0.4, 0.5) is 5.69 Å². The van der Waals surface area contributed by atoms with Crippen LogP contribution in [0.1, 0.15) is 19.4 Å². The van der Waals surface area contributed by atoms with Gasteiger partial charge in [0.25, 0.3) is 0 Å². The lowest BCUT2D eigenvalue weighted by Gasteiger charge is -2.16. The topological polar surface area (TPSA) is 38.3 Å². The fourth-order valence-corrected chi connectivity index (χ4v) is 3.53. The Hall–Kier alpha value is -0.950. The SMILES string of the molecule is CC(C)CNc1ccc(P(C)(C)=O)c2c1OCC2. The van der Waals surface area contributed by atoms with E-state index in [1.54, 1.807) is 0 Å². The van der Waals surface area contributed by atoms with Crippen molar-refractivity contribution in [2.45, 2.75) is 20.3 Å². The minimum Gasteiger partial charge on any atom is -0.491 e. The number of benzene rings is 1. The Balaban J connectivity index is 2.36. The predicted molar refractivity (Wildman–Crippen MR) is 78.1 cm³/mol. The predicted octanol–water partition coefficient (Wildman–Crippen LogP) is 2.94. The molecule has 1 heterocycles. The fourth-order valence-electron chi connectivity index (χ4n) is 2.24. The van der Waals surface area contributed by atoms with Crippen LogP contribution in [-0.4, -0.2) is 26.5 Å². The summed E-state index contributed by atoms with van der Waals surface area (Å²) in [5.41, 5.74) is 2.17. The van der Waals surface area contributed by atoms with Crippen molar-refractivity contribution in [1.29, 1.82) is 0 Å². The maximum atomic E-state index is 12.3. The third kappa shape index (κ3) is 2.72. The summed E-state index contributed by atoms with van der Waals surface area (Å²) in [5.74, 6) is 1.50. The molecule has 1 N–H and O–H groups in total. The smallest absolute Gasteiger partial charge is 0.146 e. The first kappa shape index (κ1) is 13.5. The van der Waals surface area contributed by atoms with Gasteiger partial charge in [-0.3, -0.25) is 0 Å². The first-order valence-corrected chi connectivity index (χ1v) is 9.08. The van der Waals surface area contributed by atoms with Crippen molar-refractivity contribution in [3.05, 3.63) is 17.7 Å². The van der Waals surface area contributed by atoms with Crippen LogP contribution in [0.15, 0.2) is 12.1 Å². The average molecular weight is 267 g/mol. The van der Waals surface area contributed by atoms with Gasteiger partial charge in [-0.05, 0) is 31.4 Å². The molecule has 3 nitrogen and oxygen atoms in total. The Morgan fingerprint density at radius 1 is 1.39 bits per heavy atom. The van der Waals surface area contributed by atoms with E-state index in [2.05, 4.69) is 19.2 Å².